The molecular formula is C16H20N2S. The molecule has 0 saturated carbocycles. The normalized spacial score (nSPS) is 15.8. The first-order valence-electron chi connectivity index (χ1n) is 6.98. The Kier molecular flexibility index (Phi) is 4.16. The van der Waals surface area contributed by atoms with Crippen LogP contribution in [0, 0.1) is 0 Å². The summed E-state index contributed by atoms with van der Waals surface area (Å²) in [5.41, 5.74) is 2.64. The molecule has 100 valence electrons. The van der Waals surface area contributed by atoms with Crippen molar-refractivity contribution in [1.82, 2.24) is 4.90 Å². The molecule has 2 nitrogen and oxygen atoms in total. The molecule has 1 saturated heterocycles. The predicted molar refractivity (Wildman–Crippen MR) is 82.6 cm³/mol. The Morgan fingerprint density at radius 2 is 2.00 bits per heavy atom. The van der Waals surface area contributed by atoms with Gasteiger partial charge in [0.05, 0.1) is 0 Å². The quantitative estimate of drug-likeness (QED) is 0.886. The van der Waals surface area contributed by atoms with Gasteiger partial charge < -0.3 is 5.32 Å². The van der Waals surface area contributed by atoms with Gasteiger partial charge in [-0.1, -0.05) is 18.2 Å². The van der Waals surface area contributed by atoms with Crippen LogP contribution in [0.2, 0.25) is 0 Å². The molecule has 0 bridgehead atoms. The monoisotopic (exact) mass is 272 g/mol. The van der Waals surface area contributed by atoms with E-state index in [0.717, 1.165) is 13.1 Å². The van der Waals surface area contributed by atoms with E-state index in [2.05, 4.69) is 52.0 Å². The summed E-state index contributed by atoms with van der Waals surface area (Å²) < 4.78 is 0. The standard InChI is InChI=1S/C16H20N2S/c1-2-9-18(8-1)13-14-5-3-6-15(11-14)17-12-16-7-4-10-19-16/h3-7,10-11,17H,1-2,8-9,12-13H2. The van der Waals surface area contributed by atoms with Crippen molar-refractivity contribution in [1.29, 1.82) is 0 Å². The minimum absolute atomic E-state index is 0.921. The van der Waals surface area contributed by atoms with Crippen LogP contribution in [-0.2, 0) is 13.1 Å². The molecule has 1 fully saturated rings. The Morgan fingerprint density at radius 1 is 1.11 bits per heavy atom. The Balaban J connectivity index is 1.59. The predicted octanol–water partition coefficient (Wildman–Crippen LogP) is 3.96. The maximum atomic E-state index is 3.50. The summed E-state index contributed by atoms with van der Waals surface area (Å²) in [5, 5.41) is 5.63. The van der Waals surface area contributed by atoms with Gasteiger partial charge in [0.15, 0.2) is 0 Å². The van der Waals surface area contributed by atoms with E-state index in [9.17, 15) is 0 Å². The molecule has 1 N–H and O–H groups in total. The highest BCUT2D eigenvalue weighted by Gasteiger charge is 2.11. The number of hydrogen-bond acceptors (Lipinski definition) is 3. The maximum Gasteiger partial charge on any atom is 0.0494 e. The Bertz CT molecular complexity index is 501. The van der Waals surface area contributed by atoms with Gasteiger partial charge in [0.2, 0.25) is 0 Å². The Labute approximate surface area is 119 Å². The van der Waals surface area contributed by atoms with E-state index in [1.54, 1.807) is 11.3 Å². The first-order valence-corrected chi connectivity index (χ1v) is 7.86. The van der Waals surface area contributed by atoms with Crippen molar-refractivity contribution in [2.75, 3.05) is 18.4 Å². The summed E-state index contributed by atoms with van der Waals surface area (Å²) in [5.74, 6) is 0. The number of hydrogen-bond donors (Lipinski definition) is 1. The third-order valence-electron chi connectivity index (χ3n) is 3.58. The molecule has 2 aromatic rings. The first-order chi connectivity index (χ1) is 9.40. The van der Waals surface area contributed by atoms with E-state index in [1.807, 2.05) is 0 Å². The molecule has 0 aliphatic carbocycles. The highest BCUT2D eigenvalue weighted by Crippen LogP contribution is 2.17. The highest BCUT2D eigenvalue weighted by molar-refractivity contribution is 7.09. The smallest absolute Gasteiger partial charge is 0.0494 e. The van der Waals surface area contributed by atoms with Gasteiger partial charge in [-0.3, -0.25) is 4.90 Å². The van der Waals surface area contributed by atoms with Gasteiger partial charge >= 0.3 is 0 Å². The van der Waals surface area contributed by atoms with Crippen LogP contribution in [0.4, 0.5) is 5.69 Å². The number of nitrogens with one attached hydrogen (secondary N) is 1. The van der Waals surface area contributed by atoms with Crippen LogP contribution >= 0.6 is 11.3 Å². The van der Waals surface area contributed by atoms with E-state index in [1.165, 1.54) is 42.1 Å². The molecule has 1 aromatic heterocycles. The lowest BCUT2D eigenvalue weighted by molar-refractivity contribution is 0.331. The SMILES string of the molecule is c1cc(CN2CCCC2)cc(NCc2cccs2)c1. The lowest BCUT2D eigenvalue weighted by Crippen LogP contribution is -2.18. The maximum absolute atomic E-state index is 3.50. The third-order valence-corrected chi connectivity index (χ3v) is 4.46. The Hall–Kier alpha value is -1.32. The van der Waals surface area contributed by atoms with Gasteiger partial charge in [-0.2, -0.15) is 0 Å². The molecule has 0 unspecified atom stereocenters. The second-order valence-corrected chi connectivity index (χ2v) is 6.15. The van der Waals surface area contributed by atoms with Crippen LogP contribution in [0.15, 0.2) is 41.8 Å². The number of rotatable bonds is 5. The molecule has 1 aromatic carbocycles. The van der Waals surface area contributed by atoms with E-state index in [4.69, 9.17) is 0 Å². The summed E-state index contributed by atoms with van der Waals surface area (Å²) in [6, 6.07) is 13.1. The minimum atomic E-state index is 0.921. The fourth-order valence-electron chi connectivity index (χ4n) is 2.58. The van der Waals surface area contributed by atoms with Crippen molar-refractivity contribution in [2.24, 2.45) is 0 Å². The Morgan fingerprint density at radius 3 is 2.79 bits per heavy atom. The molecule has 0 radical (unpaired) electrons. The van der Waals surface area contributed by atoms with E-state index in [-0.39, 0.29) is 0 Å². The second kappa shape index (κ2) is 6.22. The minimum Gasteiger partial charge on any atom is -0.380 e. The van der Waals surface area contributed by atoms with Gasteiger partial charge in [0.1, 0.15) is 0 Å². The topological polar surface area (TPSA) is 15.3 Å². The fourth-order valence-corrected chi connectivity index (χ4v) is 3.23. The van der Waals surface area contributed by atoms with Crippen LogP contribution in [0.1, 0.15) is 23.3 Å². The molecule has 19 heavy (non-hydrogen) atoms. The van der Waals surface area contributed by atoms with E-state index >= 15 is 0 Å². The van der Waals surface area contributed by atoms with Gasteiger partial charge in [-0.05, 0) is 55.1 Å². The summed E-state index contributed by atoms with van der Waals surface area (Å²) in [4.78, 5) is 3.92. The second-order valence-electron chi connectivity index (χ2n) is 5.12. The van der Waals surface area contributed by atoms with Crippen LogP contribution in [-0.4, -0.2) is 18.0 Å². The molecule has 0 atom stereocenters. The average molecular weight is 272 g/mol. The number of nitrogens with zero attached hydrogens (tertiary/aromatic N) is 1. The molecule has 1 aliphatic heterocycles. The number of anilines is 1. The first kappa shape index (κ1) is 12.7. The fraction of sp³-hybridized carbons (Fsp3) is 0.375. The van der Waals surface area contributed by atoms with Crippen molar-refractivity contribution >= 4 is 17.0 Å². The van der Waals surface area contributed by atoms with Gasteiger partial charge in [-0.15, -0.1) is 11.3 Å². The molecule has 0 amide bonds. The summed E-state index contributed by atoms with van der Waals surface area (Å²) in [7, 11) is 0. The summed E-state index contributed by atoms with van der Waals surface area (Å²) >= 11 is 1.80. The summed E-state index contributed by atoms with van der Waals surface area (Å²) in [6.45, 7) is 4.53. The van der Waals surface area contributed by atoms with Crippen LogP contribution in [0.5, 0.6) is 0 Å². The number of thiophene rings is 1. The van der Waals surface area contributed by atoms with Crippen molar-refractivity contribution in [3.05, 3.63) is 52.2 Å². The summed E-state index contributed by atoms with van der Waals surface area (Å²) in [6.07, 6.45) is 2.71. The van der Waals surface area contributed by atoms with Crippen molar-refractivity contribution in [3.8, 4) is 0 Å². The van der Waals surface area contributed by atoms with Crippen LogP contribution in [0.3, 0.4) is 0 Å². The van der Waals surface area contributed by atoms with Gasteiger partial charge in [0.25, 0.3) is 0 Å². The molecule has 3 rings (SSSR count). The third kappa shape index (κ3) is 3.58. The molecule has 2 heterocycles. The number of benzene rings is 1. The number of likely N-dealkylation sites (tertiary alicyclic amines) is 1. The van der Waals surface area contributed by atoms with Gasteiger partial charge in [-0.25, -0.2) is 0 Å². The molecule has 0 spiro atoms. The average Bonchev–Trinajstić information content (AvgIpc) is 3.10. The van der Waals surface area contributed by atoms with E-state index < -0.39 is 0 Å². The van der Waals surface area contributed by atoms with Crippen molar-refractivity contribution in [2.45, 2.75) is 25.9 Å². The zero-order valence-electron chi connectivity index (χ0n) is 11.1. The largest absolute Gasteiger partial charge is 0.380 e. The van der Waals surface area contributed by atoms with Crippen LogP contribution in [0.25, 0.3) is 0 Å². The molecular weight excluding hydrogens is 252 g/mol. The van der Waals surface area contributed by atoms with Crippen LogP contribution < -0.4 is 5.32 Å². The van der Waals surface area contributed by atoms with Crippen molar-refractivity contribution in [3.63, 3.8) is 0 Å². The lowest BCUT2D eigenvalue weighted by Gasteiger charge is -2.15. The van der Waals surface area contributed by atoms with Crippen molar-refractivity contribution < 1.29 is 0 Å². The van der Waals surface area contributed by atoms with Gasteiger partial charge in [0, 0.05) is 23.7 Å². The molecule has 1 aliphatic rings. The lowest BCUT2D eigenvalue weighted by atomic mass is 10.2. The highest BCUT2D eigenvalue weighted by atomic mass is 32.1. The molecule has 3 heteroatoms. The zero-order chi connectivity index (χ0) is 12.9. The zero-order valence-corrected chi connectivity index (χ0v) is 12.0. The van der Waals surface area contributed by atoms with E-state index in [0.29, 0.717) is 0 Å².